The first-order valence-electron chi connectivity index (χ1n) is 7.79. The van der Waals surface area contributed by atoms with Gasteiger partial charge in [-0.3, -0.25) is 9.69 Å². The standard InChI is InChI=1S/C16H21F3N2O3/c1-11(22)24-15-3-2-12(10-14(15)23)13(4-5-16(17,18)19)21-8-6-20-7-9-21/h2-3,10,13,20,23H,4-9H2,1H3/t13-/m0/s1. The minimum absolute atomic E-state index is 0.00105. The monoisotopic (exact) mass is 346 g/mol. The predicted octanol–water partition coefficient (Wildman–Crippen LogP) is 2.61. The highest BCUT2D eigenvalue weighted by Gasteiger charge is 2.31. The molecule has 1 aromatic carbocycles. The van der Waals surface area contributed by atoms with Crippen LogP contribution in [-0.4, -0.2) is 48.3 Å². The SMILES string of the molecule is CC(=O)Oc1ccc([C@H](CCC(F)(F)F)N2CCNCC2)cc1O. The maximum absolute atomic E-state index is 12.6. The summed E-state index contributed by atoms with van der Waals surface area (Å²) in [4.78, 5) is 12.9. The van der Waals surface area contributed by atoms with E-state index in [2.05, 4.69) is 5.32 Å². The summed E-state index contributed by atoms with van der Waals surface area (Å²) in [5, 5.41) is 13.2. The van der Waals surface area contributed by atoms with Gasteiger partial charge in [0.05, 0.1) is 0 Å². The number of carbonyl (C=O) groups excluding carboxylic acids is 1. The third kappa shape index (κ3) is 5.38. The molecule has 1 atom stereocenters. The summed E-state index contributed by atoms with van der Waals surface area (Å²) in [6, 6.07) is 3.93. The smallest absolute Gasteiger partial charge is 0.389 e. The molecular formula is C16H21F3N2O3. The molecule has 2 N–H and O–H groups in total. The van der Waals surface area contributed by atoms with Crippen molar-refractivity contribution in [2.45, 2.75) is 32.0 Å². The van der Waals surface area contributed by atoms with Crippen LogP contribution in [0.2, 0.25) is 0 Å². The van der Waals surface area contributed by atoms with Crippen LogP contribution >= 0.6 is 0 Å². The van der Waals surface area contributed by atoms with Gasteiger partial charge in [0.15, 0.2) is 11.5 Å². The molecule has 1 heterocycles. The fourth-order valence-electron chi connectivity index (χ4n) is 2.84. The Morgan fingerprint density at radius 1 is 1.38 bits per heavy atom. The first-order valence-corrected chi connectivity index (χ1v) is 7.79. The van der Waals surface area contributed by atoms with Crippen molar-refractivity contribution in [3.63, 3.8) is 0 Å². The number of benzene rings is 1. The molecule has 0 unspecified atom stereocenters. The summed E-state index contributed by atoms with van der Waals surface area (Å²) in [6.45, 7) is 3.89. The van der Waals surface area contributed by atoms with Gasteiger partial charge >= 0.3 is 12.1 Å². The molecule has 0 aliphatic carbocycles. The van der Waals surface area contributed by atoms with Gasteiger partial charge in [0.1, 0.15) is 0 Å². The summed E-state index contributed by atoms with van der Waals surface area (Å²) in [7, 11) is 0. The second-order valence-corrected chi connectivity index (χ2v) is 5.78. The molecule has 0 amide bonds. The van der Waals surface area contributed by atoms with E-state index in [9.17, 15) is 23.1 Å². The number of ether oxygens (including phenoxy) is 1. The second kappa shape index (κ2) is 7.85. The Balaban J connectivity index is 2.21. The largest absolute Gasteiger partial charge is 0.504 e. The van der Waals surface area contributed by atoms with Gasteiger partial charge in [-0.25, -0.2) is 0 Å². The number of phenols is 1. The molecular weight excluding hydrogens is 325 g/mol. The van der Waals surface area contributed by atoms with E-state index >= 15 is 0 Å². The predicted molar refractivity (Wildman–Crippen MR) is 81.9 cm³/mol. The number of carbonyl (C=O) groups is 1. The van der Waals surface area contributed by atoms with Crippen molar-refractivity contribution in [2.75, 3.05) is 26.2 Å². The quantitative estimate of drug-likeness (QED) is 0.634. The Kier molecular flexibility index (Phi) is 6.06. The van der Waals surface area contributed by atoms with Crippen molar-refractivity contribution in [2.24, 2.45) is 0 Å². The molecule has 2 rings (SSSR count). The molecule has 0 spiro atoms. The average Bonchev–Trinajstić information content (AvgIpc) is 2.49. The molecule has 0 radical (unpaired) electrons. The summed E-state index contributed by atoms with van der Waals surface area (Å²) < 4.78 is 42.8. The molecule has 1 aliphatic rings. The van der Waals surface area contributed by atoms with E-state index in [-0.39, 0.29) is 17.9 Å². The number of hydrogen-bond acceptors (Lipinski definition) is 5. The normalized spacial score (nSPS) is 17.5. The molecule has 1 saturated heterocycles. The minimum atomic E-state index is -4.23. The maximum atomic E-state index is 12.6. The number of phenolic OH excluding ortho intramolecular Hbond substituents is 1. The minimum Gasteiger partial charge on any atom is -0.504 e. The summed E-state index contributed by atoms with van der Waals surface area (Å²) in [5.74, 6) is -0.829. The van der Waals surface area contributed by atoms with Crippen LogP contribution in [0.25, 0.3) is 0 Å². The Labute approximate surface area is 138 Å². The lowest BCUT2D eigenvalue weighted by Crippen LogP contribution is -2.45. The number of rotatable bonds is 5. The van der Waals surface area contributed by atoms with Crippen LogP contribution in [0.15, 0.2) is 18.2 Å². The number of halogens is 3. The van der Waals surface area contributed by atoms with E-state index < -0.39 is 24.6 Å². The van der Waals surface area contributed by atoms with Crippen molar-refractivity contribution in [3.8, 4) is 11.5 Å². The van der Waals surface area contributed by atoms with Crippen molar-refractivity contribution < 1.29 is 27.8 Å². The average molecular weight is 346 g/mol. The molecule has 134 valence electrons. The maximum Gasteiger partial charge on any atom is 0.389 e. The molecule has 1 fully saturated rings. The number of aromatic hydroxyl groups is 1. The molecule has 0 bridgehead atoms. The summed E-state index contributed by atoms with van der Waals surface area (Å²) >= 11 is 0. The molecule has 1 aliphatic heterocycles. The van der Waals surface area contributed by atoms with Crippen LogP contribution in [-0.2, 0) is 4.79 Å². The molecule has 0 aromatic heterocycles. The lowest BCUT2D eigenvalue weighted by Gasteiger charge is -2.35. The fourth-order valence-corrected chi connectivity index (χ4v) is 2.84. The third-order valence-corrected chi connectivity index (χ3v) is 3.92. The van der Waals surface area contributed by atoms with Gasteiger partial charge < -0.3 is 15.2 Å². The highest BCUT2D eigenvalue weighted by molar-refractivity contribution is 5.70. The van der Waals surface area contributed by atoms with Crippen LogP contribution < -0.4 is 10.1 Å². The lowest BCUT2D eigenvalue weighted by atomic mass is 9.98. The first-order chi connectivity index (χ1) is 11.3. The van der Waals surface area contributed by atoms with Gasteiger partial charge in [0.25, 0.3) is 0 Å². The topological polar surface area (TPSA) is 61.8 Å². The van der Waals surface area contributed by atoms with E-state index in [1.807, 2.05) is 4.90 Å². The second-order valence-electron chi connectivity index (χ2n) is 5.78. The Morgan fingerprint density at radius 3 is 2.58 bits per heavy atom. The van der Waals surface area contributed by atoms with Crippen molar-refractivity contribution in [1.29, 1.82) is 0 Å². The van der Waals surface area contributed by atoms with Crippen molar-refractivity contribution >= 4 is 5.97 Å². The number of hydrogen-bond donors (Lipinski definition) is 2. The van der Waals surface area contributed by atoms with E-state index in [4.69, 9.17) is 4.74 Å². The van der Waals surface area contributed by atoms with Crippen LogP contribution in [0.1, 0.15) is 31.4 Å². The van der Waals surface area contributed by atoms with Crippen LogP contribution in [0.5, 0.6) is 11.5 Å². The van der Waals surface area contributed by atoms with Gasteiger partial charge in [-0.15, -0.1) is 0 Å². The van der Waals surface area contributed by atoms with Crippen LogP contribution in [0.3, 0.4) is 0 Å². The zero-order valence-corrected chi connectivity index (χ0v) is 13.4. The van der Waals surface area contributed by atoms with E-state index in [0.29, 0.717) is 31.7 Å². The Hall–Kier alpha value is -1.80. The van der Waals surface area contributed by atoms with Crippen molar-refractivity contribution in [1.82, 2.24) is 10.2 Å². The highest BCUT2D eigenvalue weighted by atomic mass is 19.4. The lowest BCUT2D eigenvalue weighted by molar-refractivity contribution is -0.138. The van der Waals surface area contributed by atoms with Gasteiger partial charge in [0.2, 0.25) is 0 Å². The number of nitrogens with one attached hydrogen (secondary N) is 1. The van der Waals surface area contributed by atoms with Gasteiger partial charge in [-0.2, -0.15) is 13.2 Å². The molecule has 24 heavy (non-hydrogen) atoms. The third-order valence-electron chi connectivity index (χ3n) is 3.92. The van der Waals surface area contributed by atoms with E-state index in [1.165, 1.54) is 19.1 Å². The summed E-state index contributed by atoms with van der Waals surface area (Å²) in [5.41, 5.74) is 0.578. The zero-order chi connectivity index (χ0) is 17.7. The number of esters is 1. The number of piperazine rings is 1. The Bertz CT molecular complexity index is 572. The van der Waals surface area contributed by atoms with Gasteiger partial charge in [-0.1, -0.05) is 6.07 Å². The number of alkyl halides is 3. The highest BCUT2D eigenvalue weighted by Crippen LogP contribution is 2.35. The van der Waals surface area contributed by atoms with Crippen molar-refractivity contribution in [3.05, 3.63) is 23.8 Å². The molecule has 5 nitrogen and oxygen atoms in total. The van der Waals surface area contributed by atoms with Gasteiger partial charge in [-0.05, 0) is 24.1 Å². The van der Waals surface area contributed by atoms with E-state index in [0.717, 1.165) is 0 Å². The van der Waals surface area contributed by atoms with Gasteiger partial charge in [0, 0.05) is 45.6 Å². The van der Waals surface area contributed by atoms with Crippen LogP contribution in [0, 0.1) is 0 Å². The Morgan fingerprint density at radius 2 is 2.04 bits per heavy atom. The summed E-state index contributed by atoms with van der Waals surface area (Å²) in [6.07, 6.45) is -5.21. The van der Waals surface area contributed by atoms with E-state index in [1.54, 1.807) is 6.07 Å². The zero-order valence-electron chi connectivity index (χ0n) is 13.4. The fraction of sp³-hybridized carbons (Fsp3) is 0.562. The molecule has 8 heteroatoms. The van der Waals surface area contributed by atoms with Crippen LogP contribution in [0.4, 0.5) is 13.2 Å². The molecule has 0 saturated carbocycles. The first kappa shape index (κ1) is 18.5. The molecule has 1 aromatic rings. The number of nitrogens with zero attached hydrogens (tertiary/aromatic N) is 1.